The first-order valence-corrected chi connectivity index (χ1v) is 11.3. The summed E-state index contributed by atoms with van der Waals surface area (Å²) in [7, 11) is 1.85. The van der Waals surface area contributed by atoms with Crippen LogP contribution in [-0.4, -0.2) is 54.4 Å². The number of amides is 1. The summed E-state index contributed by atoms with van der Waals surface area (Å²) in [6.07, 6.45) is 3.88. The topological polar surface area (TPSA) is 76.2 Å². The van der Waals surface area contributed by atoms with Gasteiger partial charge in [-0.1, -0.05) is 26.0 Å². The van der Waals surface area contributed by atoms with E-state index in [1.807, 2.05) is 42.5 Å². The Morgan fingerprint density at radius 3 is 2.71 bits per heavy atom. The van der Waals surface area contributed by atoms with Crippen LogP contribution in [0.2, 0.25) is 0 Å². The summed E-state index contributed by atoms with van der Waals surface area (Å²) < 4.78 is 3.84. The number of carbonyl (C=O) groups excluding carboxylic acids is 1. The van der Waals surface area contributed by atoms with E-state index in [1.165, 1.54) is 0 Å². The number of fused-ring (bicyclic) bond motifs is 2. The molecule has 0 radical (unpaired) electrons. The molecule has 1 aliphatic heterocycles. The van der Waals surface area contributed by atoms with Gasteiger partial charge in [0, 0.05) is 20.1 Å². The third-order valence-corrected chi connectivity index (χ3v) is 7.00. The van der Waals surface area contributed by atoms with Crippen molar-refractivity contribution in [3.05, 3.63) is 48.0 Å². The van der Waals surface area contributed by atoms with E-state index in [-0.39, 0.29) is 11.9 Å². The van der Waals surface area contributed by atoms with Crippen molar-refractivity contribution < 1.29 is 9.90 Å². The van der Waals surface area contributed by atoms with Gasteiger partial charge in [-0.3, -0.25) is 9.48 Å². The number of aliphatic hydroxyl groups excluding tert-OH is 1. The molecule has 0 spiro atoms. The van der Waals surface area contributed by atoms with E-state index < -0.39 is 6.10 Å². The number of aliphatic hydroxyl groups is 1. The van der Waals surface area contributed by atoms with E-state index in [4.69, 9.17) is 0 Å². The van der Waals surface area contributed by atoms with Crippen LogP contribution in [0.4, 0.5) is 0 Å². The van der Waals surface area contributed by atoms with Crippen molar-refractivity contribution in [3.8, 4) is 0 Å². The summed E-state index contributed by atoms with van der Waals surface area (Å²) in [6.45, 7) is 5.77. The van der Waals surface area contributed by atoms with Gasteiger partial charge in [0.25, 0.3) is 5.91 Å². The first-order chi connectivity index (χ1) is 14.9. The summed E-state index contributed by atoms with van der Waals surface area (Å²) in [4.78, 5) is 19.7. The van der Waals surface area contributed by atoms with Gasteiger partial charge in [-0.05, 0) is 55.2 Å². The van der Waals surface area contributed by atoms with Crippen molar-refractivity contribution in [1.82, 2.24) is 24.2 Å². The molecule has 2 aliphatic rings. The predicted molar refractivity (Wildman–Crippen MR) is 119 cm³/mol. The van der Waals surface area contributed by atoms with E-state index >= 15 is 0 Å². The van der Waals surface area contributed by atoms with Crippen LogP contribution in [-0.2, 0) is 13.5 Å². The molecule has 7 heteroatoms. The van der Waals surface area contributed by atoms with Gasteiger partial charge in [0.1, 0.15) is 5.69 Å². The van der Waals surface area contributed by atoms with Crippen molar-refractivity contribution in [2.24, 2.45) is 24.8 Å². The SMILES string of the molecule is CC(C)Cc1cc(C(=O)N2C[C@H]3C[C@@H](n4cnc5ccccc54)[C@H](O)C[C@H]3C2)n(C)n1. The number of carbonyl (C=O) groups is 1. The first kappa shape index (κ1) is 20.2. The van der Waals surface area contributed by atoms with Crippen LogP contribution in [0, 0.1) is 17.8 Å². The number of rotatable bonds is 4. The molecular formula is C24H31N5O2. The molecule has 5 rings (SSSR count). The third-order valence-electron chi connectivity index (χ3n) is 7.00. The molecule has 0 bridgehead atoms. The lowest BCUT2D eigenvalue weighted by Gasteiger charge is -2.36. The van der Waals surface area contributed by atoms with Crippen LogP contribution in [0.15, 0.2) is 36.7 Å². The van der Waals surface area contributed by atoms with Crippen LogP contribution in [0.25, 0.3) is 11.0 Å². The van der Waals surface area contributed by atoms with Gasteiger partial charge in [-0.25, -0.2) is 4.98 Å². The summed E-state index contributed by atoms with van der Waals surface area (Å²) in [5, 5.41) is 15.5. The molecule has 1 amide bonds. The minimum Gasteiger partial charge on any atom is -0.391 e. The van der Waals surface area contributed by atoms with Gasteiger partial charge in [-0.2, -0.15) is 5.10 Å². The standard InChI is InChI=1S/C24H31N5O2/c1-15(2)8-18-11-22(27(3)26-18)24(31)28-12-16-9-21(23(30)10-17(16)13-28)29-14-25-19-6-4-5-7-20(19)29/h4-7,11,14-17,21,23,30H,8-10,12-13H2,1-3H3/t16-,17+,21-,23-/m1/s1. The molecule has 1 saturated carbocycles. The van der Waals surface area contributed by atoms with Crippen molar-refractivity contribution in [1.29, 1.82) is 0 Å². The Bertz CT molecular complexity index is 1100. The van der Waals surface area contributed by atoms with Crippen LogP contribution in [0.1, 0.15) is 48.9 Å². The molecule has 3 aromatic rings. The minimum absolute atomic E-state index is 0.00181. The highest BCUT2D eigenvalue weighted by Crippen LogP contribution is 2.42. The highest BCUT2D eigenvalue weighted by atomic mass is 16.3. The minimum atomic E-state index is -0.428. The Balaban J connectivity index is 1.33. The highest BCUT2D eigenvalue weighted by Gasteiger charge is 2.44. The zero-order valence-corrected chi connectivity index (χ0v) is 18.5. The number of nitrogens with zero attached hydrogens (tertiary/aromatic N) is 5. The summed E-state index contributed by atoms with van der Waals surface area (Å²) in [6, 6.07) is 10.00. The molecule has 1 aromatic carbocycles. The second-order valence-corrected chi connectivity index (χ2v) is 9.72. The lowest BCUT2D eigenvalue weighted by molar-refractivity contribution is 0.0374. The molecule has 164 valence electrons. The van der Waals surface area contributed by atoms with Crippen molar-refractivity contribution in [2.75, 3.05) is 13.1 Å². The van der Waals surface area contributed by atoms with Gasteiger partial charge in [0.15, 0.2) is 0 Å². The number of aromatic nitrogens is 4. The molecule has 2 fully saturated rings. The molecule has 2 aromatic heterocycles. The highest BCUT2D eigenvalue weighted by molar-refractivity contribution is 5.93. The monoisotopic (exact) mass is 421 g/mol. The number of aryl methyl sites for hydroxylation is 1. The normalized spacial score (nSPS) is 26.0. The fourth-order valence-corrected chi connectivity index (χ4v) is 5.52. The summed E-state index contributed by atoms with van der Waals surface area (Å²) in [5.74, 6) is 1.29. The third kappa shape index (κ3) is 3.65. The number of hydrogen-bond acceptors (Lipinski definition) is 4. The second-order valence-electron chi connectivity index (χ2n) is 9.72. The molecule has 4 atom stereocenters. The Labute approximate surface area is 182 Å². The van der Waals surface area contributed by atoms with Crippen LogP contribution < -0.4 is 0 Å². The van der Waals surface area contributed by atoms with E-state index in [0.717, 1.165) is 42.5 Å². The largest absolute Gasteiger partial charge is 0.391 e. The second kappa shape index (κ2) is 7.79. The van der Waals surface area contributed by atoms with Crippen LogP contribution in [0.5, 0.6) is 0 Å². The van der Waals surface area contributed by atoms with E-state index in [2.05, 4.69) is 34.6 Å². The molecular weight excluding hydrogens is 390 g/mol. The van der Waals surface area contributed by atoms with Crippen molar-refractivity contribution in [3.63, 3.8) is 0 Å². The van der Waals surface area contributed by atoms with Gasteiger partial charge >= 0.3 is 0 Å². The smallest absolute Gasteiger partial charge is 0.272 e. The van der Waals surface area contributed by atoms with E-state index in [0.29, 0.717) is 30.0 Å². The lowest BCUT2D eigenvalue weighted by Crippen LogP contribution is -2.36. The van der Waals surface area contributed by atoms with Crippen LogP contribution >= 0.6 is 0 Å². The quantitative estimate of drug-likeness (QED) is 0.703. The Morgan fingerprint density at radius 1 is 1.19 bits per heavy atom. The summed E-state index contributed by atoms with van der Waals surface area (Å²) >= 11 is 0. The maximum absolute atomic E-state index is 13.3. The maximum atomic E-state index is 13.3. The Morgan fingerprint density at radius 2 is 1.94 bits per heavy atom. The average molecular weight is 422 g/mol. The molecule has 0 unspecified atom stereocenters. The fraction of sp³-hybridized carbons (Fsp3) is 0.542. The Hall–Kier alpha value is -2.67. The summed E-state index contributed by atoms with van der Waals surface area (Å²) in [5.41, 5.74) is 3.64. The van der Waals surface area contributed by atoms with Gasteiger partial charge in [-0.15, -0.1) is 0 Å². The zero-order valence-electron chi connectivity index (χ0n) is 18.5. The predicted octanol–water partition coefficient (Wildman–Crippen LogP) is 3.05. The molecule has 3 heterocycles. The van der Waals surface area contributed by atoms with E-state index in [1.54, 1.807) is 4.68 Å². The lowest BCUT2D eigenvalue weighted by atomic mass is 9.77. The van der Waals surface area contributed by atoms with Gasteiger partial charge in [0.2, 0.25) is 0 Å². The maximum Gasteiger partial charge on any atom is 0.272 e. The fourth-order valence-electron chi connectivity index (χ4n) is 5.52. The average Bonchev–Trinajstić information content (AvgIpc) is 3.42. The first-order valence-electron chi connectivity index (χ1n) is 11.3. The molecule has 31 heavy (non-hydrogen) atoms. The molecule has 1 saturated heterocycles. The zero-order chi connectivity index (χ0) is 21.7. The van der Waals surface area contributed by atoms with Crippen molar-refractivity contribution >= 4 is 16.9 Å². The van der Waals surface area contributed by atoms with Crippen molar-refractivity contribution in [2.45, 2.75) is 45.3 Å². The van der Waals surface area contributed by atoms with Crippen LogP contribution in [0.3, 0.4) is 0 Å². The number of hydrogen-bond donors (Lipinski definition) is 1. The molecule has 1 N–H and O–H groups in total. The Kier molecular flexibility index (Phi) is 5.08. The molecule has 7 nitrogen and oxygen atoms in total. The molecule has 1 aliphatic carbocycles. The van der Waals surface area contributed by atoms with Gasteiger partial charge < -0.3 is 14.6 Å². The number of para-hydroxylation sites is 2. The van der Waals surface area contributed by atoms with E-state index in [9.17, 15) is 9.90 Å². The number of benzene rings is 1. The number of likely N-dealkylation sites (tertiary alicyclic amines) is 1. The number of imidazole rings is 1. The van der Waals surface area contributed by atoms with Gasteiger partial charge in [0.05, 0.1) is 35.2 Å².